The van der Waals surface area contributed by atoms with E-state index in [-0.39, 0.29) is 11.9 Å². The highest BCUT2D eigenvalue weighted by Crippen LogP contribution is 2.11. The van der Waals surface area contributed by atoms with Gasteiger partial charge in [-0.2, -0.15) is 0 Å². The van der Waals surface area contributed by atoms with E-state index in [0.29, 0.717) is 11.5 Å². The second-order valence-electron chi connectivity index (χ2n) is 3.98. The van der Waals surface area contributed by atoms with Crippen LogP contribution in [-0.4, -0.2) is 17.1 Å². The third-order valence-electron chi connectivity index (χ3n) is 2.33. The first-order valence-electron chi connectivity index (χ1n) is 5.41. The van der Waals surface area contributed by atoms with E-state index in [9.17, 15) is 4.79 Å². The molecule has 5 heteroatoms. The van der Waals surface area contributed by atoms with E-state index in [0.717, 1.165) is 6.42 Å². The molecule has 17 heavy (non-hydrogen) atoms. The van der Waals surface area contributed by atoms with Gasteiger partial charge < -0.3 is 9.84 Å². The Morgan fingerprint density at radius 2 is 2.47 bits per heavy atom. The summed E-state index contributed by atoms with van der Waals surface area (Å²) in [6.45, 7) is 3.74. The smallest absolute Gasteiger partial charge is 0.273 e. The highest BCUT2D eigenvalue weighted by Gasteiger charge is 2.14. The quantitative estimate of drug-likeness (QED) is 0.906. The number of hydrogen-bond acceptors (Lipinski definition) is 4. The molecule has 0 aliphatic heterocycles. The van der Waals surface area contributed by atoms with Crippen LogP contribution < -0.4 is 5.32 Å². The molecular formula is C12H14N2O2S. The monoisotopic (exact) mass is 250 g/mol. The number of carbonyl (C=O) groups excluding carboxylic acids is 1. The van der Waals surface area contributed by atoms with Gasteiger partial charge >= 0.3 is 0 Å². The first-order valence-corrected chi connectivity index (χ1v) is 6.29. The van der Waals surface area contributed by atoms with Gasteiger partial charge in [0.25, 0.3) is 5.91 Å². The standard InChI is InChI=1S/C12H14N2O2S/c1-8(6-10-4-3-5-17-10)13-12(15)11-7-9(2)16-14-11/h3-5,7-8H,6H2,1-2H3,(H,13,15)/t8-/m1/s1. The molecule has 2 heterocycles. The van der Waals surface area contributed by atoms with Crippen LogP contribution in [0.15, 0.2) is 28.1 Å². The Labute approximate surface area is 104 Å². The molecule has 0 aliphatic rings. The minimum atomic E-state index is -0.189. The summed E-state index contributed by atoms with van der Waals surface area (Å²) in [5.41, 5.74) is 0.334. The van der Waals surface area contributed by atoms with Gasteiger partial charge in [0.15, 0.2) is 5.69 Å². The van der Waals surface area contributed by atoms with Gasteiger partial charge in [0.2, 0.25) is 0 Å². The lowest BCUT2D eigenvalue weighted by atomic mass is 10.2. The summed E-state index contributed by atoms with van der Waals surface area (Å²) in [4.78, 5) is 13.0. The molecule has 90 valence electrons. The van der Waals surface area contributed by atoms with Crippen molar-refractivity contribution in [2.75, 3.05) is 0 Å². The van der Waals surface area contributed by atoms with Gasteiger partial charge in [0.1, 0.15) is 5.76 Å². The van der Waals surface area contributed by atoms with Crippen LogP contribution in [0.2, 0.25) is 0 Å². The largest absolute Gasteiger partial charge is 0.361 e. The van der Waals surface area contributed by atoms with Crippen LogP contribution in [0.1, 0.15) is 28.0 Å². The van der Waals surface area contributed by atoms with Gasteiger partial charge in [0.05, 0.1) is 0 Å². The molecule has 2 rings (SSSR count). The molecule has 0 saturated carbocycles. The third kappa shape index (κ3) is 3.17. The minimum absolute atomic E-state index is 0.0816. The zero-order valence-electron chi connectivity index (χ0n) is 9.77. The van der Waals surface area contributed by atoms with Crippen LogP contribution in [0, 0.1) is 6.92 Å². The zero-order chi connectivity index (χ0) is 12.3. The fourth-order valence-corrected chi connectivity index (χ4v) is 2.39. The van der Waals surface area contributed by atoms with E-state index in [1.165, 1.54) is 4.88 Å². The first kappa shape index (κ1) is 11.9. The van der Waals surface area contributed by atoms with E-state index in [1.54, 1.807) is 24.3 Å². The minimum Gasteiger partial charge on any atom is -0.361 e. The second kappa shape index (κ2) is 5.14. The Balaban J connectivity index is 1.90. The van der Waals surface area contributed by atoms with Crippen molar-refractivity contribution in [1.29, 1.82) is 0 Å². The van der Waals surface area contributed by atoms with Crippen LogP contribution in [0.4, 0.5) is 0 Å². The summed E-state index contributed by atoms with van der Waals surface area (Å²) in [5.74, 6) is 0.451. The maximum Gasteiger partial charge on any atom is 0.273 e. The van der Waals surface area contributed by atoms with Crippen molar-refractivity contribution in [3.63, 3.8) is 0 Å². The van der Waals surface area contributed by atoms with Crippen molar-refractivity contribution in [3.8, 4) is 0 Å². The Morgan fingerprint density at radius 1 is 1.65 bits per heavy atom. The predicted molar refractivity (Wildman–Crippen MR) is 66.2 cm³/mol. The summed E-state index contributed by atoms with van der Waals surface area (Å²) in [6.07, 6.45) is 0.834. The predicted octanol–water partition coefficient (Wildman–Crippen LogP) is 2.41. The van der Waals surface area contributed by atoms with Gasteiger partial charge in [-0.05, 0) is 25.3 Å². The van der Waals surface area contributed by atoms with Gasteiger partial charge in [-0.3, -0.25) is 4.79 Å². The van der Waals surface area contributed by atoms with Crippen molar-refractivity contribution in [1.82, 2.24) is 10.5 Å². The molecule has 0 spiro atoms. The number of aromatic nitrogens is 1. The fourth-order valence-electron chi connectivity index (χ4n) is 1.55. The number of carbonyl (C=O) groups is 1. The highest BCUT2D eigenvalue weighted by molar-refractivity contribution is 7.09. The topological polar surface area (TPSA) is 55.1 Å². The number of amides is 1. The summed E-state index contributed by atoms with van der Waals surface area (Å²) >= 11 is 1.69. The van der Waals surface area contributed by atoms with Crippen LogP contribution in [0.25, 0.3) is 0 Å². The molecule has 0 fully saturated rings. The SMILES string of the molecule is Cc1cc(C(=O)N[C@H](C)Cc2cccs2)no1. The fraction of sp³-hybridized carbons (Fsp3) is 0.333. The number of nitrogens with one attached hydrogen (secondary N) is 1. The molecule has 2 aromatic rings. The number of nitrogens with zero attached hydrogens (tertiary/aromatic N) is 1. The second-order valence-corrected chi connectivity index (χ2v) is 5.01. The molecule has 0 aliphatic carbocycles. The Bertz CT molecular complexity index is 490. The lowest BCUT2D eigenvalue weighted by Crippen LogP contribution is -2.34. The number of thiophene rings is 1. The summed E-state index contributed by atoms with van der Waals surface area (Å²) in [5, 5.41) is 8.61. The molecule has 1 atom stereocenters. The highest BCUT2D eigenvalue weighted by atomic mass is 32.1. The normalized spacial score (nSPS) is 12.4. The maximum absolute atomic E-state index is 11.8. The van der Waals surface area contributed by atoms with E-state index in [1.807, 2.05) is 18.4 Å². The first-order chi connectivity index (χ1) is 8.15. The van der Waals surface area contributed by atoms with Gasteiger partial charge in [0, 0.05) is 23.4 Å². The zero-order valence-corrected chi connectivity index (χ0v) is 10.6. The van der Waals surface area contributed by atoms with Gasteiger partial charge in [-0.1, -0.05) is 11.2 Å². The molecule has 1 amide bonds. The molecule has 0 radical (unpaired) electrons. The Morgan fingerprint density at radius 3 is 3.06 bits per heavy atom. The van der Waals surface area contributed by atoms with Crippen molar-refractivity contribution >= 4 is 17.2 Å². The number of aryl methyl sites for hydroxylation is 1. The van der Waals surface area contributed by atoms with Crippen LogP contribution in [0.5, 0.6) is 0 Å². The maximum atomic E-state index is 11.8. The van der Waals surface area contributed by atoms with Crippen LogP contribution >= 0.6 is 11.3 Å². The molecule has 1 N–H and O–H groups in total. The van der Waals surface area contributed by atoms with E-state index in [4.69, 9.17) is 4.52 Å². The molecule has 0 saturated heterocycles. The van der Waals surface area contributed by atoms with Crippen molar-refractivity contribution < 1.29 is 9.32 Å². The Kier molecular flexibility index (Phi) is 3.58. The van der Waals surface area contributed by atoms with E-state index < -0.39 is 0 Å². The number of hydrogen-bond donors (Lipinski definition) is 1. The lowest BCUT2D eigenvalue weighted by molar-refractivity contribution is 0.0931. The van der Waals surface area contributed by atoms with Crippen molar-refractivity contribution in [3.05, 3.63) is 39.9 Å². The molecule has 0 bridgehead atoms. The van der Waals surface area contributed by atoms with Crippen molar-refractivity contribution in [2.24, 2.45) is 0 Å². The molecule has 0 aromatic carbocycles. The molecule has 0 unspecified atom stereocenters. The van der Waals surface area contributed by atoms with E-state index in [2.05, 4.69) is 16.5 Å². The summed E-state index contributed by atoms with van der Waals surface area (Å²) < 4.78 is 4.86. The van der Waals surface area contributed by atoms with Crippen LogP contribution in [0.3, 0.4) is 0 Å². The molecular weight excluding hydrogens is 236 g/mol. The molecule has 4 nitrogen and oxygen atoms in total. The van der Waals surface area contributed by atoms with Crippen molar-refractivity contribution in [2.45, 2.75) is 26.3 Å². The third-order valence-corrected chi connectivity index (χ3v) is 3.22. The van der Waals surface area contributed by atoms with Gasteiger partial charge in [-0.25, -0.2) is 0 Å². The summed E-state index contributed by atoms with van der Waals surface area (Å²) in [7, 11) is 0. The number of rotatable bonds is 4. The molecule has 2 aromatic heterocycles. The summed E-state index contributed by atoms with van der Waals surface area (Å²) in [6, 6.07) is 5.79. The van der Waals surface area contributed by atoms with Crippen LogP contribution in [-0.2, 0) is 6.42 Å². The Hall–Kier alpha value is -1.62. The van der Waals surface area contributed by atoms with E-state index >= 15 is 0 Å². The average molecular weight is 250 g/mol. The van der Waals surface area contributed by atoms with Gasteiger partial charge in [-0.15, -0.1) is 11.3 Å². The lowest BCUT2D eigenvalue weighted by Gasteiger charge is -2.11. The average Bonchev–Trinajstić information content (AvgIpc) is 2.89.